The molecule has 4 atom stereocenters. The Morgan fingerprint density at radius 2 is 1.76 bits per heavy atom. The van der Waals surface area contributed by atoms with E-state index in [9.17, 15) is 14.7 Å². The summed E-state index contributed by atoms with van der Waals surface area (Å²) < 4.78 is 0. The molecule has 5 heteroatoms. The molecule has 3 saturated carbocycles. The van der Waals surface area contributed by atoms with Crippen LogP contribution in [0, 0.1) is 23.7 Å². The van der Waals surface area contributed by atoms with Crippen LogP contribution in [0.5, 0.6) is 0 Å². The molecule has 3 aliphatic carbocycles. The van der Waals surface area contributed by atoms with E-state index in [1.54, 1.807) is 0 Å². The molecular weight excluding hydrogens is 316 g/mol. The molecule has 5 nitrogen and oxygen atoms in total. The van der Waals surface area contributed by atoms with Crippen molar-refractivity contribution in [1.82, 2.24) is 5.32 Å². The molecule has 1 aromatic rings. The number of benzene rings is 1. The Kier molecular flexibility index (Phi) is 4.50. The van der Waals surface area contributed by atoms with Crippen LogP contribution in [-0.4, -0.2) is 29.6 Å². The number of aliphatic hydroxyl groups excluding tert-OH is 1. The normalized spacial score (nSPS) is 30.3. The number of amides is 2. The van der Waals surface area contributed by atoms with Crippen LogP contribution < -0.4 is 10.6 Å². The third-order valence-electron chi connectivity index (χ3n) is 6.16. The van der Waals surface area contributed by atoms with Gasteiger partial charge < -0.3 is 15.7 Å². The SMILES string of the molecule is O=C(Cc1ccc(NC(=O)C2CC2)cc1)NC1C2CCC(C2)C1CO. The first-order valence-corrected chi connectivity index (χ1v) is 9.44. The van der Waals surface area contributed by atoms with Crippen molar-refractivity contribution in [2.24, 2.45) is 23.7 Å². The van der Waals surface area contributed by atoms with Gasteiger partial charge in [-0.25, -0.2) is 0 Å². The summed E-state index contributed by atoms with van der Waals surface area (Å²) in [5, 5.41) is 15.7. The van der Waals surface area contributed by atoms with Gasteiger partial charge in [0.2, 0.25) is 11.8 Å². The maximum Gasteiger partial charge on any atom is 0.227 e. The second-order valence-electron chi connectivity index (χ2n) is 7.91. The number of hydrogen-bond donors (Lipinski definition) is 3. The minimum atomic E-state index is 0.0192. The zero-order valence-electron chi connectivity index (χ0n) is 14.4. The molecule has 0 spiro atoms. The molecule has 2 bridgehead atoms. The van der Waals surface area contributed by atoms with E-state index in [0.29, 0.717) is 18.3 Å². The quantitative estimate of drug-likeness (QED) is 0.741. The number of hydrogen-bond acceptors (Lipinski definition) is 3. The molecule has 134 valence electrons. The average Bonchev–Trinajstić information content (AvgIpc) is 3.28. The monoisotopic (exact) mass is 342 g/mol. The Morgan fingerprint density at radius 1 is 1.04 bits per heavy atom. The van der Waals surface area contributed by atoms with Crippen molar-refractivity contribution in [2.75, 3.05) is 11.9 Å². The second kappa shape index (κ2) is 6.79. The van der Waals surface area contributed by atoms with Gasteiger partial charge in [-0.15, -0.1) is 0 Å². The maximum absolute atomic E-state index is 12.4. The van der Waals surface area contributed by atoms with Crippen LogP contribution in [0.1, 0.15) is 37.7 Å². The zero-order chi connectivity index (χ0) is 17.4. The van der Waals surface area contributed by atoms with Crippen molar-refractivity contribution >= 4 is 17.5 Å². The number of carbonyl (C=O) groups is 2. The van der Waals surface area contributed by atoms with Gasteiger partial charge in [0.05, 0.1) is 6.42 Å². The summed E-state index contributed by atoms with van der Waals surface area (Å²) in [5.74, 6) is 1.64. The van der Waals surface area contributed by atoms with Gasteiger partial charge in [0.25, 0.3) is 0 Å². The van der Waals surface area contributed by atoms with E-state index in [0.717, 1.165) is 30.5 Å². The van der Waals surface area contributed by atoms with Crippen molar-refractivity contribution in [3.05, 3.63) is 29.8 Å². The highest BCUT2D eigenvalue weighted by atomic mass is 16.3. The molecule has 0 saturated heterocycles. The molecule has 0 aliphatic heterocycles. The van der Waals surface area contributed by atoms with Crippen LogP contribution in [-0.2, 0) is 16.0 Å². The van der Waals surface area contributed by atoms with E-state index in [1.807, 2.05) is 24.3 Å². The first kappa shape index (κ1) is 16.6. The van der Waals surface area contributed by atoms with Crippen molar-refractivity contribution in [2.45, 2.75) is 44.6 Å². The lowest BCUT2D eigenvalue weighted by molar-refractivity contribution is -0.122. The molecule has 2 amide bonds. The lowest BCUT2D eigenvalue weighted by Crippen LogP contribution is -2.45. The third kappa shape index (κ3) is 3.56. The summed E-state index contributed by atoms with van der Waals surface area (Å²) in [7, 11) is 0. The molecule has 4 rings (SSSR count). The van der Waals surface area contributed by atoms with E-state index < -0.39 is 0 Å². The molecule has 1 aromatic carbocycles. The highest BCUT2D eigenvalue weighted by molar-refractivity contribution is 5.94. The molecule has 0 heterocycles. The third-order valence-corrected chi connectivity index (χ3v) is 6.16. The van der Waals surface area contributed by atoms with E-state index in [2.05, 4.69) is 10.6 Å². The summed E-state index contributed by atoms with van der Waals surface area (Å²) in [4.78, 5) is 24.2. The maximum atomic E-state index is 12.4. The molecule has 4 unspecified atom stereocenters. The largest absolute Gasteiger partial charge is 0.396 e. The highest BCUT2D eigenvalue weighted by Gasteiger charge is 2.47. The molecule has 25 heavy (non-hydrogen) atoms. The summed E-state index contributed by atoms with van der Waals surface area (Å²) in [6, 6.07) is 7.64. The summed E-state index contributed by atoms with van der Waals surface area (Å²) in [6.07, 6.45) is 5.82. The van der Waals surface area contributed by atoms with E-state index in [-0.39, 0.29) is 36.3 Å². The van der Waals surface area contributed by atoms with Crippen molar-refractivity contribution in [3.63, 3.8) is 0 Å². The fraction of sp³-hybridized carbons (Fsp3) is 0.600. The van der Waals surface area contributed by atoms with Crippen LogP contribution in [0.2, 0.25) is 0 Å². The number of fused-ring (bicyclic) bond motifs is 2. The molecule has 3 N–H and O–H groups in total. The highest BCUT2D eigenvalue weighted by Crippen LogP contribution is 2.48. The number of rotatable bonds is 6. The van der Waals surface area contributed by atoms with Crippen LogP contribution in [0.15, 0.2) is 24.3 Å². The first-order chi connectivity index (χ1) is 12.1. The van der Waals surface area contributed by atoms with Crippen LogP contribution in [0.3, 0.4) is 0 Å². The second-order valence-corrected chi connectivity index (χ2v) is 7.91. The Bertz CT molecular complexity index is 653. The molecule has 3 fully saturated rings. The zero-order valence-corrected chi connectivity index (χ0v) is 14.4. The lowest BCUT2D eigenvalue weighted by atomic mass is 9.85. The first-order valence-electron chi connectivity index (χ1n) is 9.44. The minimum Gasteiger partial charge on any atom is -0.396 e. The van der Waals surface area contributed by atoms with Gasteiger partial charge in [0, 0.05) is 30.2 Å². The number of nitrogens with one attached hydrogen (secondary N) is 2. The van der Waals surface area contributed by atoms with Gasteiger partial charge in [-0.3, -0.25) is 9.59 Å². The minimum absolute atomic E-state index is 0.0192. The van der Waals surface area contributed by atoms with Crippen molar-refractivity contribution in [3.8, 4) is 0 Å². The summed E-state index contributed by atoms with van der Waals surface area (Å²) >= 11 is 0. The standard InChI is InChI=1S/C20H26N2O3/c23-11-17-14-5-6-15(10-14)19(17)22-18(24)9-12-1-7-16(8-2-12)21-20(25)13-3-4-13/h1-2,7-8,13-15,17,19,23H,3-6,9-11H2,(H,21,25)(H,22,24). The predicted molar refractivity (Wildman–Crippen MR) is 94.8 cm³/mol. The summed E-state index contributed by atoms with van der Waals surface area (Å²) in [5.41, 5.74) is 1.72. The van der Waals surface area contributed by atoms with Crippen LogP contribution >= 0.6 is 0 Å². The van der Waals surface area contributed by atoms with Gasteiger partial charge in [-0.1, -0.05) is 12.1 Å². The van der Waals surface area contributed by atoms with E-state index in [4.69, 9.17) is 0 Å². The Balaban J connectivity index is 1.31. The lowest BCUT2D eigenvalue weighted by Gasteiger charge is -2.30. The Hall–Kier alpha value is -1.88. The molecule has 3 aliphatic rings. The van der Waals surface area contributed by atoms with Crippen LogP contribution in [0.4, 0.5) is 5.69 Å². The molecule has 0 radical (unpaired) electrons. The molecular formula is C20H26N2O3. The topological polar surface area (TPSA) is 78.4 Å². The van der Waals surface area contributed by atoms with Crippen LogP contribution in [0.25, 0.3) is 0 Å². The van der Waals surface area contributed by atoms with Gasteiger partial charge in [0.1, 0.15) is 0 Å². The Morgan fingerprint density at radius 3 is 2.44 bits per heavy atom. The fourth-order valence-corrected chi connectivity index (χ4v) is 4.62. The predicted octanol–water partition coefficient (Wildman–Crippen LogP) is 2.10. The Labute approximate surface area is 148 Å². The van der Waals surface area contributed by atoms with Gasteiger partial charge in [-0.05, 0) is 61.6 Å². The number of anilines is 1. The van der Waals surface area contributed by atoms with E-state index >= 15 is 0 Å². The fourth-order valence-electron chi connectivity index (χ4n) is 4.62. The van der Waals surface area contributed by atoms with Crippen molar-refractivity contribution < 1.29 is 14.7 Å². The number of aliphatic hydroxyl groups is 1. The van der Waals surface area contributed by atoms with E-state index in [1.165, 1.54) is 12.8 Å². The smallest absolute Gasteiger partial charge is 0.227 e. The van der Waals surface area contributed by atoms with Crippen molar-refractivity contribution in [1.29, 1.82) is 0 Å². The van der Waals surface area contributed by atoms with Gasteiger partial charge in [-0.2, -0.15) is 0 Å². The van der Waals surface area contributed by atoms with Gasteiger partial charge in [0.15, 0.2) is 0 Å². The molecule has 0 aromatic heterocycles. The number of carbonyl (C=O) groups excluding carboxylic acids is 2. The van der Waals surface area contributed by atoms with Gasteiger partial charge >= 0.3 is 0 Å². The average molecular weight is 342 g/mol. The summed E-state index contributed by atoms with van der Waals surface area (Å²) in [6.45, 7) is 0.168.